The zero-order chi connectivity index (χ0) is 20.7. The Morgan fingerprint density at radius 1 is 1.19 bits per heavy atom. The number of hydrogen-bond acceptors (Lipinski definition) is 5. The first-order valence-electron chi connectivity index (χ1n) is 8.77. The molecule has 1 atom stereocenters. The molecule has 1 aromatic rings. The van der Waals surface area contributed by atoms with Crippen molar-refractivity contribution in [3.05, 3.63) is 45.0 Å². The fraction of sp³-hybridized carbons (Fsp3) is 0.429. The van der Waals surface area contributed by atoms with Crippen molar-refractivity contribution in [3.8, 4) is 11.5 Å². The van der Waals surface area contributed by atoms with E-state index in [0.717, 1.165) is 24.0 Å². The summed E-state index contributed by atoms with van der Waals surface area (Å²) in [6.45, 7) is 8.64. The molecule has 0 saturated heterocycles. The Labute approximate surface area is 165 Å². The van der Waals surface area contributed by atoms with E-state index < -0.39 is 0 Å². The highest BCUT2D eigenvalue weighted by molar-refractivity contribution is 6.33. The molecule has 6 heteroatoms. The minimum absolute atomic E-state index is 0.0778. The third kappa shape index (κ3) is 6.14. The van der Waals surface area contributed by atoms with Gasteiger partial charge in [0.05, 0.1) is 10.6 Å². The van der Waals surface area contributed by atoms with Gasteiger partial charge in [-0.05, 0) is 58.1 Å². The number of aromatic hydroxyl groups is 2. The highest BCUT2D eigenvalue weighted by atomic mass is 35.5. The number of halogens is 1. The maximum atomic E-state index is 11.2. The van der Waals surface area contributed by atoms with Gasteiger partial charge in [0.2, 0.25) is 0 Å². The molecule has 1 rings (SSSR count). The second kappa shape index (κ2) is 10.2. The summed E-state index contributed by atoms with van der Waals surface area (Å²) in [7, 11) is 0. The molecule has 27 heavy (non-hydrogen) atoms. The molecule has 5 nitrogen and oxygen atoms in total. The van der Waals surface area contributed by atoms with Gasteiger partial charge in [-0.15, -0.1) is 0 Å². The van der Waals surface area contributed by atoms with Crippen LogP contribution in [0.15, 0.2) is 23.3 Å². The van der Waals surface area contributed by atoms with Gasteiger partial charge < -0.3 is 14.9 Å². The SMILES string of the molecule is CC(=O)O[C@@H](C)/C(C)=C/CC/C(C)=C/Cc1c(O)c(Cl)c(C)c(C=O)c1O. The van der Waals surface area contributed by atoms with Crippen molar-refractivity contribution >= 4 is 23.9 Å². The largest absolute Gasteiger partial charge is 0.507 e. The first-order valence-corrected chi connectivity index (χ1v) is 9.15. The smallest absolute Gasteiger partial charge is 0.303 e. The van der Waals surface area contributed by atoms with Crippen LogP contribution in [0.25, 0.3) is 0 Å². The van der Waals surface area contributed by atoms with E-state index in [0.29, 0.717) is 11.8 Å². The molecule has 0 aromatic heterocycles. The predicted octanol–water partition coefficient (Wildman–Crippen LogP) is 5.04. The Hall–Kier alpha value is -2.27. The van der Waals surface area contributed by atoms with Crippen LogP contribution >= 0.6 is 11.6 Å². The van der Waals surface area contributed by atoms with Crippen LogP contribution in [0, 0.1) is 6.92 Å². The van der Waals surface area contributed by atoms with Crippen LogP contribution in [0.5, 0.6) is 11.5 Å². The summed E-state index contributed by atoms with van der Waals surface area (Å²) in [6.07, 6.45) is 5.99. The Kier molecular flexibility index (Phi) is 8.57. The zero-order valence-corrected chi connectivity index (χ0v) is 17.2. The molecule has 1 aromatic carbocycles. The number of aldehydes is 1. The summed E-state index contributed by atoms with van der Waals surface area (Å²) in [5, 5.41) is 20.5. The van der Waals surface area contributed by atoms with Crippen molar-refractivity contribution in [1.29, 1.82) is 0 Å². The Balaban J connectivity index is 2.82. The molecule has 0 amide bonds. The van der Waals surface area contributed by atoms with Crippen LogP contribution in [0.2, 0.25) is 5.02 Å². The molecule has 0 radical (unpaired) electrons. The summed E-state index contributed by atoms with van der Waals surface area (Å²) in [5.41, 5.74) is 2.73. The molecule has 0 bridgehead atoms. The first kappa shape index (κ1) is 22.8. The lowest BCUT2D eigenvalue weighted by atomic mass is 9.99. The second-order valence-electron chi connectivity index (χ2n) is 6.64. The van der Waals surface area contributed by atoms with Gasteiger partial charge in [-0.3, -0.25) is 9.59 Å². The Bertz CT molecular complexity index is 778. The number of esters is 1. The van der Waals surface area contributed by atoms with Crippen LogP contribution in [0.1, 0.15) is 62.0 Å². The molecule has 0 spiro atoms. The predicted molar refractivity (Wildman–Crippen MR) is 107 cm³/mol. The lowest BCUT2D eigenvalue weighted by Crippen LogP contribution is -2.13. The summed E-state index contributed by atoms with van der Waals surface area (Å²) >= 11 is 6.05. The topological polar surface area (TPSA) is 83.8 Å². The number of phenolic OH excluding ortho intramolecular Hbond substituents is 2. The molecule has 0 saturated carbocycles. The van der Waals surface area contributed by atoms with E-state index in [1.807, 2.05) is 32.9 Å². The van der Waals surface area contributed by atoms with Gasteiger partial charge >= 0.3 is 5.97 Å². The van der Waals surface area contributed by atoms with Crippen molar-refractivity contribution in [3.63, 3.8) is 0 Å². The average molecular weight is 395 g/mol. The third-order valence-electron chi connectivity index (χ3n) is 4.53. The molecule has 0 fully saturated rings. The Morgan fingerprint density at radius 3 is 2.37 bits per heavy atom. The quantitative estimate of drug-likeness (QED) is 0.366. The van der Waals surface area contributed by atoms with Gasteiger partial charge in [-0.2, -0.15) is 0 Å². The van der Waals surface area contributed by atoms with Crippen LogP contribution in [-0.2, 0) is 16.0 Å². The minimum atomic E-state index is -0.308. The maximum Gasteiger partial charge on any atom is 0.303 e. The van der Waals surface area contributed by atoms with E-state index in [1.54, 1.807) is 6.92 Å². The molecular weight excluding hydrogens is 368 g/mol. The van der Waals surface area contributed by atoms with E-state index in [1.165, 1.54) is 6.92 Å². The lowest BCUT2D eigenvalue weighted by Gasteiger charge is -2.13. The molecular formula is C21H27ClO5. The van der Waals surface area contributed by atoms with Crippen LogP contribution in [0.4, 0.5) is 0 Å². The number of ether oxygens (including phenoxy) is 1. The number of hydrogen-bond donors (Lipinski definition) is 2. The third-order valence-corrected chi connectivity index (χ3v) is 4.99. The van der Waals surface area contributed by atoms with Crippen molar-refractivity contribution in [1.82, 2.24) is 0 Å². The fourth-order valence-corrected chi connectivity index (χ4v) is 2.85. The lowest BCUT2D eigenvalue weighted by molar-refractivity contribution is -0.143. The highest BCUT2D eigenvalue weighted by Crippen LogP contribution is 2.40. The van der Waals surface area contributed by atoms with Gasteiger partial charge in [-0.25, -0.2) is 0 Å². The number of rotatable bonds is 8. The fourth-order valence-electron chi connectivity index (χ4n) is 2.63. The molecule has 0 aliphatic rings. The van der Waals surface area contributed by atoms with E-state index in [2.05, 4.69) is 0 Å². The summed E-state index contributed by atoms with van der Waals surface area (Å²) in [5.74, 6) is -0.746. The maximum absolute atomic E-state index is 11.2. The van der Waals surface area contributed by atoms with Gasteiger partial charge in [0, 0.05) is 12.5 Å². The van der Waals surface area contributed by atoms with Crippen molar-refractivity contribution in [2.75, 3.05) is 0 Å². The van der Waals surface area contributed by atoms with E-state index >= 15 is 0 Å². The molecule has 148 valence electrons. The number of carbonyl (C=O) groups excluding carboxylic acids is 2. The average Bonchev–Trinajstić information content (AvgIpc) is 2.59. The number of benzene rings is 1. The van der Waals surface area contributed by atoms with E-state index in [-0.39, 0.29) is 46.1 Å². The standard InChI is InChI=1S/C21H27ClO5/c1-12(7-6-8-13(2)15(4)27-16(5)24)9-10-17-20(25)18(11-23)14(3)19(22)21(17)26/h8-9,11,15,25-26H,6-7,10H2,1-5H3/b12-9+,13-8+/t15-/m0/s1. The van der Waals surface area contributed by atoms with E-state index in [4.69, 9.17) is 16.3 Å². The molecule has 0 heterocycles. The van der Waals surface area contributed by atoms with Crippen LogP contribution in [0.3, 0.4) is 0 Å². The Morgan fingerprint density at radius 2 is 1.81 bits per heavy atom. The van der Waals surface area contributed by atoms with Gasteiger partial charge in [0.25, 0.3) is 0 Å². The van der Waals surface area contributed by atoms with Crippen LogP contribution in [-0.4, -0.2) is 28.6 Å². The summed E-state index contributed by atoms with van der Waals surface area (Å²) < 4.78 is 5.13. The summed E-state index contributed by atoms with van der Waals surface area (Å²) in [4.78, 5) is 22.2. The molecule has 2 N–H and O–H groups in total. The molecule has 0 aliphatic carbocycles. The minimum Gasteiger partial charge on any atom is -0.507 e. The number of allylic oxidation sites excluding steroid dienone is 3. The van der Waals surface area contributed by atoms with Crippen LogP contribution < -0.4 is 0 Å². The van der Waals surface area contributed by atoms with E-state index in [9.17, 15) is 19.8 Å². The monoisotopic (exact) mass is 394 g/mol. The van der Waals surface area contributed by atoms with Gasteiger partial charge in [0.15, 0.2) is 6.29 Å². The van der Waals surface area contributed by atoms with Crippen molar-refractivity contribution in [2.24, 2.45) is 0 Å². The first-order chi connectivity index (χ1) is 12.6. The van der Waals surface area contributed by atoms with Gasteiger partial charge in [-0.1, -0.05) is 29.3 Å². The normalized spacial score (nSPS) is 13.4. The molecule has 0 unspecified atom stereocenters. The molecule has 0 aliphatic heterocycles. The second-order valence-corrected chi connectivity index (χ2v) is 7.02. The van der Waals surface area contributed by atoms with Crippen molar-refractivity contribution < 1.29 is 24.5 Å². The van der Waals surface area contributed by atoms with Gasteiger partial charge in [0.1, 0.15) is 17.6 Å². The van der Waals surface area contributed by atoms with Crippen molar-refractivity contribution in [2.45, 2.75) is 60.0 Å². The number of phenols is 2. The zero-order valence-electron chi connectivity index (χ0n) is 16.4. The number of carbonyl (C=O) groups is 2. The highest BCUT2D eigenvalue weighted by Gasteiger charge is 2.19. The summed E-state index contributed by atoms with van der Waals surface area (Å²) in [6, 6.07) is 0.